The number of halogens is 6. The summed E-state index contributed by atoms with van der Waals surface area (Å²) in [5.41, 5.74) is -4.73. The quantitative estimate of drug-likeness (QED) is 0.459. The number of aliphatic hydroxyl groups is 1. The number of hydrogen-bond acceptors (Lipinski definition) is 5. The van der Waals surface area contributed by atoms with Gasteiger partial charge in [0, 0.05) is 31.3 Å². The van der Waals surface area contributed by atoms with E-state index in [1.807, 2.05) is 0 Å². The predicted molar refractivity (Wildman–Crippen MR) is 116 cm³/mol. The molecule has 3 rings (SSSR count). The normalized spacial score (nSPS) is 14.6. The van der Waals surface area contributed by atoms with Crippen molar-refractivity contribution in [1.82, 2.24) is 4.57 Å². The molecule has 0 amide bonds. The molecule has 1 aromatic heterocycles. The lowest BCUT2D eigenvalue weighted by molar-refractivity contribution is -0.279. The molecule has 0 spiro atoms. The first kappa shape index (κ1) is 25.7. The zero-order chi connectivity index (χ0) is 25.4. The summed E-state index contributed by atoms with van der Waals surface area (Å²) in [5, 5.41) is 12.7. The second-order valence-corrected chi connectivity index (χ2v) is 7.91. The van der Waals surface area contributed by atoms with Crippen molar-refractivity contribution in [2.45, 2.75) is 17.8 Å². The highest BCUT2D eigenvalue weighted by molar-refractivity contribution is 6.31. The summed E-state index contributed by atoms with van der Waals surface area (Å²) in [6.07, 6.45) is -5.30. The van der Waals surface area contributed by atoms with Crippen LogP contribution in [0.1, 0.15) is 11.6 Å². The Bertz CT molecular complexity index is 1280. The average molecular weight is 507 g/mol. The minimum Gasteiger partial charge on any atom is -0.494 e. The van der Waals surface area contributed by atoms with Crippen LogP contribution in [0.2, 0.25) is 5.02 Å². The van der Waals surface area contributed by atoms with E-state index < -0.39 is 52.2 Å². The summed E-state index contributed by atoms with van der Waals surface area (Å²) in [6, 6.07) is 4.27. The fraction of sp³-hybridized carbons (Fsp3) is 0.318. The van der Waals surface area contributed by atoms with Gasteiger partial charge in [-0.25, -0.2) is 8.78 Å². The van der Waals surface area contributed by atoms with Crippen molar-refractivity contribution in [2.24, 2.45) is 7.05 Å². The molecule has 0 aliphatic carbocycles. The molecule has 0 unspecified atom stereocenters. The highest BCUT2D eigenvalue weighted by atomic mass is 35.5. The average Bonchev–Trinajstić information content (AvgIpc) is 2.76. The van der Waals surface area contributed by atoms with Crippen molar-refractivity contribution < 1.29 is 36.5 Å². The number of aromatic nitrogens is 1. The molecule has 34 heavy (non-hydrogen) atoms. The topological polar surface area (TPSA) is 72.7 Å². The van der Waals surface area contributed by atoms with Gasteiger partial charge in [0.25, 0.3) is 5.56 Å². The predicted octanol–water partition coefficient (Wildman–Crippen LogP) is 4.57. The van der Waals surface area contributed by atoms with Crippen LogP contribution in [-0.2, 0) is 11.8 Å². The molecule has 2 atom stereocenters. The lowest BCUT2D eigenvalue weighted by Crippen LogP contribution is -2.56. The van der Waals surface area contributed by atoms with Crippen LogP contribution in [0, 0.1) is 11.6 Å². The number of aryl methyl sites for hydroxylation is 1. The monoisotopic (exact) mass is 506 g/mol. The van der Waals surface area contributed by atoms with Crippen LogP contribution in [0.15, 0.2) is 41.2 Å². The molecule has 0 saturated heterocycles. The van der Waals surface area contributed by atoms with Gasteiger partial charge in [-0.15, -0.1) is 0 Å². The van der Waals surface area contributed by atoms with E-state index in [-0.39, 0.29) is 22.3 Å². The number of anilines is 1. The summed E-state index contributed by atoms with van der Waals surface area (Å²) >= 11 is 6.06. The van der Waals surface area contributed by atoms with E-state index in [1.54, 1.807) is 0 Å². The molecular formula is C22H20ClF5N2O4. The molecule has 184 valence electrons. The van der Waals surface area contributed by atoms with Crippen LogP contribution in [-0.4, -0.2) is 42.3 Å². The van der Waals surface area contributed by atoms with Crippen LogP contribution in [0.5, 0.6) is 5.75 Å². The third-order valence-electron chi connectivity index (χ3n) is 5.45. The highest BCUT2D eigenvalue weighted by Crippen LogP contribution is 2.46. The molecule has 12 heteroatoms. The number of nitrogens with zero attached hydrogens (tertiary/aromatic N) is 1. The van der Waals surface area contributed by atoms with Gasteiger partial charge >= 0.3 is 6.18 Å². The molecular weight excluding hydrogens is 487 g/mol. The van der Waals surface area contributed by atoms with Crippen molar-refractivity contribution in [2.75, 3.05) is 26.1 Å². The number of hydrogen-bond donors (Lipinski definition) is 2. The van der Waals surface area contributed by atoms with Crippen LogP contribution in [0.25, 0.3) is 10.9 Å². The maximum atomic E-state index is 14.7. The summed E-state index contributed by atoms with van der Waals surface area (Å²) in [7, 11) is 3.44. The fourth-order valence-corrected chi connectivity index (χ4v) is 3.91. The van der Waals surface area contributed by atoms with Crippen molar-refractivity contribution in [3.63, 3.8) is 0 Å². The Morgan fingerprint density at radius 2 is 1.82 bits per heavy atom. The van der Waals surface area contributed by atoms with Gasteiger partial charge in [-0.1, -0.05) is 17.7 Å². The van der Waals surface area contributed by atoms with Gasteiger partial charge in [-0.2, -0.15) is 13.2 Å². The van der Waals surface area contributed by atoms with E-state index in [4.69, 9.17) is 16.3 Å². The van der Waals surface area contributed by atoms with Crippen molar-refractivity contribution in [1.29, 1.82) is 0 Å². The van der Waals surface area contributed by atoms with Crippen LogP contribution < -0.4 is 15.6 Å². The van der Waals surface area contributed by atoms with Crippen LogP contribution in [0.4, 0.5) is 27.6 Å². The summed E-state index contributed by atoms with van der Waals surface area (Å²) < 4.78 is 82.1. The maximum absolute atomic E-state index is 14.7. The number of benzene rings is 2. The van der Waals surface area contributed by atoms with E-state index in [0.717, 1.165) is 49.1 Å². The number of nitrogens with one attached hydrogen (secondary N) is 1. The van der Waals surface area contributed by atoms with E-state index >= 15 is 0 Å². The van der Waals surface area contributed by atoms with Crippen molar-refractivity contribution in [3.8, 4) is 5.75 Å². The zero-order valence-electron chi connectivity index (χ0n) is 18.1. The summed E-state index contributed by atoms with van der Waals surface area (Å²) in [4.78, 5) is 12.0. The first-order valence-corrected chi connectivity index (χ1v) is 10.1. The second-order valence-electron chi connectivity index (χ2n) is 7.53. The van der Waals surface area contributed by atoms with Gasteiger partial charge in [-0.3, -0.25) is 4.79 Å². The minimum atomic E-state index is -5.30. The molecule has 3 aromatic rings. The molecule has 1 heterocycles. The Morgan fingerprint density at radius 3 is 2.41 bits per heavy atom. The molecule has 0 saturated carbocycles. The zero-order valence-corrected chi connectivity index (χ0v) is 18.9. The second kappa shape index (κ2) is 9.40. The Labute approximate surface area is 195 Å². The molecule has 0 aliphatic rings. The number of alkyl halides is 3. The van der Waals surface area contributed by atoms with E-state index in [0.29, 0.717) is 0 Å². The Morgan fingerprint density at radius 1 is 1.15 bits per heavy atom. The number of pyridine rings is 1. The lowest BCUT2D eigenvalue weighted by Gasteiger charge is -2.38. The van der Waals surface area contributed by atoms with E-state index in [9.17, 15) is 31.9 Å². The first-order valence-electron chi connectivity index (χ1n) is 9.71. The third kappa shape index (κ3) is 4.42. The Balaban J connectivity index is 2.32. The summed E-state index contributed by atoms with van der Waals surface area (Å²) in [6.45, 7) is -1.26. The van der Waals surface area contributed by atoms with Gasteiger partial charge in [0.15, 0.2) is 11.6 Å². The standard InChI is InChI=1S/C22H20ClF5N2O4/c1-30-15-9-11(24)8-14(12(15)5-7-17(30)31)29-20(21(32,10-33-2)22(26,27)28)13-4-6-16(34-3)19(25)18(13)23/h4-9,20,29,32H,10H2,1-3H3/t20-,21+/m0/s1. The molecule has 0 bridgehead atoms. The van der Waals surface area contributed by atoms with Crippen LogP contribution in [0.3, 0.4) is 0 Å². The smallest absolute Gasteiger partial charge is 0.421 e. The summed E-state index contributed by atoms with van der Waals surface area (Å²) in [5.74, 6) is -2.35. The number of ether oxygens (including phenoxy) is 2. The van der Waals surface area contributed by atoms with Gasteiger partial charge in [0.2, 0.25) is 5.60 Å². The lowest BCUT2D eigenvalue weighted by atomic mass is 9.87. The van der Waals surface area contributed by atoms with Gasteiger partial charge in [0.1, 0.15) is 5.82 Å². The van der Waals surface area contributed by atoms with Crippen LogP contribution >= 0.6 is 11.6 Å². The first-order chi connectivity index (χ1) is 15.9. The molecule has 2 N–H and O–H groups in total. The molecule has 0 fully saturated rings. The third-order valence-corrected chi connectivity index (χ3v) is 5.83. The molecule has 6 nitrogen and oxygen atoms in total. The van der Waals surface area contributed by atoms with E-state index in [1.165, 1.54) is 13.1 Å². The fourth-order valence-electron chi connectivity index (χ4n) is 3.65. The Kier molecular flexibility index (Phi) is 7.11. The van der Waals surface area contributed by atoms with Gasteiger partial charge < -0.3 is 24.5 Å². The van der Waals surface area contributed by atoms with Crippen molar-refractivity contribution >= 4 is 28.2 Å². The molecule has 0 aliphatic heterocycles. The van der Waals surface area contributed by atoms with Gasteiger partial charge in [0.05, 0.1) is 30.3 Å². The molecule has 2 aromatic carbocycles. The molecule has 0 radical (unpaired) electrons. The Hall–Kier alpha value is -2.89. The maximum Gasteiger partial charge on any atom is 0.421 e. The largest absolute Gasteiger partial charge is 0.494 e. The number of fused-ring (bicyclic) bond motifs is 1. The highest BCUT2D eigenvalue weighted by Gasteiger charge is 2.60. The number of methoxy groups -OCH3 is 2. The SMILES string of the molecule is COC[C@@](O)([C@@H](Nc1cc(F)cc2c1ccc(=O)n2C)c1ccc(OC)c(F)c1Cl)C(F)(F)F. The van der Waals surface area contributed by atoms with E-state index in [2.05, 4.69) is 10.1 Å². The number of rotatable bonds is 7. The minimum absolute atomic E-state index is 0.0723. The van der Waals surface area contributed by atoms with Crippen molar-refractivity contribution in [3.05, 3.63) is 69.0 Å². The van der Waals surface area contributed by atoms with Gasteiger partial charge in [-0.05, 0) is 29.8 Å².